The van der Waals surface area contributed by atoms with E-state index in [0.29, 0.717) is 29.1 Å². The van der Waals surface area contributed by atoms with Crippen LogP contribution in [0.5, 0.6) is 5.75 Å². The van der Waals surface area contributed by atoms with E-state index in [1.54, 1.807) is 12.0 Å². The number of piperidine rings is 2. The Balaban J connectivity index is 0.000000801. The Hall–Kier alpha value is -3.64. The maximum atomic E-state index is 12.7. The summed E-state index contributed by atoms with van der Waals surface area (Å²) in [6, 6.07) is 14.0. The van der Waals surface area contributed by atoms with E-state index in [-0.39, 0.29) is 18.0 Å². The zero-order valence-electron chi connectivity index (χ0n) is 25.4. The number of nitrogens with zero attached hydrogens (tertiary/aromatic N) is 2. The monoisotopic (exact) mass is 675 g/mol. The van der Waals surface area contributed by atoms with Crippen molar-refractivity contribution in [1.82, 2.24) is 10.2 Å². The largest absolute Gasteiger partial charge is 0.495 e. The minimum absolute atomic E-state index is 0.0256. The van der Waals surface area contributed by atoms with E-state index < -0.39 is 18.0 Å². The summed E-state index contributed by atoms with van der Waals surface area (Å²) in [7, 11) is 1.59. The minimum Gasteiger partial charge on any atom is -0.495 e. The lowest BCUT2D eigenvalue weighted by Crippen LogP contribution is -2.58. The average molecular weight is 677 g/mol. The quantitative estimate of drug-likeness (QED) is 0.229. The zero-order valence-corrected chi connectivity index (χ0v) is 27.0. The van der Waals surface area contributed by atoms with Crippen LogP contribution in [0.25, 0.3) is 0 Å². The number of aliphatic carboxylic acids is 2. The molecular weight excluding hydrogens is 634 g/mol. The van der Waals surface area contributed by atoms with Crippen LogP contribution in [0, 0.1) is 6.92 Å². The molecule has 0 spiro atoms. The van der Waals surface area contributed by atoms with E-state index in [4.69, 9.17) is 24.5 Å². The highest BCUT2D eigenvalue weighted by atomic mass is 79.9. The molecule has 2 bridgehead atoms. The lowest BCUT2D eigenvalue weighted by atomic mass is 9.80. The molecule has 2 aromatic rings. The van der Waals surface area contributed by atoms with Crippen molar-refractivity contribution in [2.75, 3.05) is 18.6 Å². The van der Waals surface area contributed by atoms with Crippen molar-refractivity contribution in [3.63, 3.8) is 0 Å². The minimum atomic E-state index is -1.82. The van der Waals surface area contributed by atoms with Gasteiger partial charge in [-0.3, -0.25) is 14.6 Å². The summed E-state index contributed by atoms with van der Waals surface area (Å²) in [5.74, 6) is -3.08. The van der Waals surface area contributed by atoms with Gasteiger partial charge in [0.05, 0.1) is 12.8 Å². The number of carboxylic acids is 2. The number of carbonyl (C=O) groups excluding carboxylic acids is 1. The molecule has 4 rings (SSSR count). The van der Waals surface area contributed by atoms with Crippen molar-refractivity contribution in [3.05, 3.63) is 58.1 Å². The van der Waals surface area contributed by atoms with Gasteiger partial charge < -0.3 is 25.4 Å². The first kappa shape index (κ1) is 34.8. The zero-order chi connectivity index (χ0) is 32.4. The molecule has 11 nitrogen and oxygen atoms in total. The number of fused-ring (bicyclic) bond motifs is 2. The predicted octanol–water partition coefficient (Wildman–Crippen LogP) is 5.78. The van der Waals surface area contributed by atoms with E-state index >= 15 is 0 Å². The first-order chi connectivity index (χ1) is 20.9. The first-order valence-corrected chi connectivity index (χ1v) is 15.7. The van der Waals surface area contributed by atoms with Gasteiger partial charge in [-0.1, -0.05) is 35.3 Å². The number of anilines is 1. The molecule has 2 heterocycles. The topological polar surface area (TPSA) is 157 Å². The van der Waals surface area contributed by atoms with Gasteiger partial charge >= 0.3 is 18.0 Å². The molecule has 3 unspecified atom stereocenters. The highest BCUT2D eigenvalue weighted by Gasteiger charge is 2.42. The van der Waals surface area contributed by atoms with E-state index in [1.807, 2.05) is 49.4 Å². The van der Waals surface area contributed by atoms with Gasteiger partial charge in [-0.25, -0.2) is 14.4 Å². The third-order valence-electron chi connectivity index (χ3n) is 8.35. The number of halogens is 1. The van der Waals surface area contributed by atoms with Crippen LogP contribution in [-0.2, 0) is 9.59 Å². The van der Waals surface area contributed by atoms with Crippen LogP contribution in [0.15, 0.2) is 46.9 Å². The smallest absolute Gasteiger partial charge is 0.414 e. The fraction of sp³-hybridized carbons (Fsp3) is 0.500. The summed E-state index contributed by atoms with van der Waals surface area (Å²) in [6.45, 7) is 5.07. The third kappa shape index (κ3) is 9.43. The van der Waals surface area contributed by atoms with Gasteiger partial charge in [0.1, 0.15) is 5.75 Å². The molecule has 0 aliphatic carbocycles. The van der Waals surface area contributed by atoms with Crippen molar-refractivity contribution in [3.8, 4) is 5.75 Å². The molecule has 3 atom stereocenters. The molecule has 2 aromatic carbocycles. The summed E-state index contributed by atoms with van der Waals surface area (Å²) in [6.07, 6.45) is 6.97. The Morgan fingerprint density at radius 1 is 1.02 bits per heavy atom. The van der Waals surface area contributed by atoms with Gasteiger partial charge in [0.25, 0.3) is 5.91 Å². The van der Waals surface area contributed by atoms with Crippen molar-refractivity contribution < 1.29 is 39.2 Å². The highest BCUT2D eigenvalue weighted by molar-refractivity contribution is 9.10. The molecule has 0 saturated carbocycles. The van der Waals surface area contributed by atoms with Crippen molar-refractivity contribution >= 4 is 45.6 Å². The summed E-state index contributed by atoms with van der Waals surface area (Å²) < 4.78 is 6.50. The standard InChI is InChI=1S/C30H40BrN3O4.C2H2O4/c1-4-23(32-29(35)21-11-13-22(31)14-12-21)7-6-16-33-24-8-5-9-25(33)19-26(18-24)34(30(36)37)27-17-20(2)10-15-28(27)38-3;3-1(4)2(5)6/h10-15,17,23-26H,4-9,16,18-19H2,1-3H3,(H,32,35)(H,36,37);(H,3,4)(H,5,6). The molecule has 12 heteroatoms. The van der Waals surface area contributed by atoms with Crippen LogP contribution >= 0.6 is 15.9 Å². The van der Waals surface area contributed by atoms with Crippen LogP contribution in [0.4, 0.5) is 10.5 Å². The number of aryl methyl sites for hydroxylation is 1. The maximum Gasteiger partial charge on any atom is 0.414 e. The molecule has 44 heavy (non-hydrogen) atoms. The Bertz CT molecular complexity index is 1280. The number of nitrogens with one attached hydrogen (secondary N) is 1. The molecule has 4 N–H and O–H groups in total. The van der Waals surface area contributed by atoms with Gasteiger partial charge in [0.2, 0.25) is 0 Å². The second-order valence-corrected chi connectivity index (χ2v) is 12.2. The van der Waals surface area contributed by atoms with Gasteiger partial charge in [-0.2, -0.15) is 0 Å². The second-order valence-electron chi connectivity index (χ2n) is 11.3. The van der Waals surface area contributed by atoms with Crippen LogP contribution in [0.1, 0.15) is 74.2 Å². The molecule has 2 fully saturated rings. The number of amides is 2. The van der Waals surface area contributed by atoms with Crippen LogP contribution in [-0.4, -0.2) is 82.0 Å². The van der Waals surface area contributed by atoms with Crippen molar-refractivity contribution in [2.24, 2.45) is 0 Å². The highest BCUT2D eigenvalue weighted by Crippen LogP contribution is 2.40. The average Bonchev–Trinajstić information content (AvgIpc) is 2.97. The summed E-state index contributed by atoms with van der Waals surface area (Å²) >= 11 is 3.42. The molecule has 2 aliphatic heterocycles. The van der Waals surface area contributed by atoms with Crippen LogP contribution < -0.4 is 15.0 Å². The van der Waals surface area contributed by atoms with Crippen molar-refractivity contribution in [1.29, 1.82) is 0 Å². The number of hydrogen-bond acceptors (Lipinski definition) is 6. The van der Waals surface area contributed by atoms with Crippen LogP contribution in [0.3, 0.4) is 0 Å². The lowest BCUT2D eigenvalue weighted by molar-refractivity contribution is -0.159. The Kier molecular flexibility index (Phi) is 13.0. The summed E-state index contributed by atoms with van der Waals surface area (Å²) in [4.78, 5) is 47.6. The molecule has 0 radical (unpaired) electrons. The number of carboxylic acid groups (broad SMARTS) is 3. The molecule has 2 saturated heterocycles. The van der Waals surface area contributed by atoms with Gasteiger partial charge in [0.15, 0.2) is 0 Å². The summed E-state index contributed by atoms with van der Waals surface area (Å²) in [5, 5.41) is 28.2. The molecule has 240 valence electrons. The van der Waals surface area contributed by atoms with E-state index in [9.17, 15) is 14.7 Å². The molecular formula is C32H42BrN3O8. The van der Waals surface area contributed by atoms with Gasteiger partial charge in [-0.05, 0) is 100 Å². The van der Waals surface area contributed by atoms with Gasteiger partial charge in [-0.15, -0.1) is 0 Å². The predicted molar refractivity (Wildman–Crippen MR) is 170 cm³/mol. The lowest BCUT2D eigenvalue weighted by Gasteiger charge is -2.51. The number of benzene rings is 2. The van der Waals surface area contributed by atoms with Crippen LogP contribution in [0.2, 0.25) is 0 Å². The molecule has 0 aromatic heterocycles. The van der Waals surface area contributed by atoms with Crippen molar-refractivity contribution in [2.45, 2.75) is 89.4 Å². The number of ether oxygens (including phenoxy) is 1. The summed E-state index contributed by atoms with van der Waals surface area (Å²) in [5.41, 5.74) is 2.34. The Labute approximate surface area is 266 Å². The molecule has 2 amide bonds. The molecule has 2 aliphatic rings. The first-order valence-electron chi connectivity index (χ1n) is 14.9. The van der Waals surface area contributed by atoms with E-state index in [1.165, 1.54) is 6.42 Å². The Morgan fingerprint density at radius 3 is 2.16 bits per heavy atom. The number of methoxy groups -OCH3 is 1. The third-order valence-corrected chi connectivity index (χ3v) is 8.88. The SMILES string of the molecule is CCC(CCCN1C2CCCC1CC(N(C(=O)O)c1cc(C)ccc1OC)C2)NC(=O)c1ccc(Br)cc1.O=C(O)C(=O)O. The van der Waals surface area contributed by atoms with E-state index in [2.05, 4.69) is 33.1 Å². The number of rotatable bonds is 10. The van der Waals surface area contributed by atoms with E-state index in [0.717, 1.165) is 61.5 Å². The Morgan fingerprint density at radius 2 is 1.64 bits per heavy atom. The second kappa shape index (κ2) is 16.4. The van der Waals surface area contributed by atoms with Gasteiger partial charge in [0, 0.05) is 34.2 Å². The normalized spacial score (nSPS) is 20.0. The fourth-order valence-electron chi connectivity index (χ4n) is 6.24. The number of hydrogen-bond donors (Lipinski definition) is 4. The fourth-order valence-corrected chi connectivity index (χ4v) is 6.50. The maximum absolute atomic E-state index is 12.7. The number of carbonyl (C=O) groups is 4.